The summed E-state index contributed by atoms with van der Waals surface area (Å²) in [5.41, 5.74) is 5.15. The van der Waals surface area contributed by atoms with E-state index < -0.39 is 0 Å². The van der Waals surface area contributed by atoms with E-state index in [2.05, 4.69) is 5.32 Å². The van der Waals surface area contributed by atoms with Crippen LogP contribution in [0, 0.1) is 5.92 Å². The lowest BCUT2D eigenvalue weighted by Gasteiger charge is -2.35. The summed E-state index contributed by atoms with van der Waals surface area (Å²) in [6.07, 6.45) is 0.297. The Kier molecular flexibility index (Phi) is 1.95. The third-order valence-corrected chi connectivity index (χ3v) is 2.76. The molecule has 2 amide bonds. The molecule has 2 saturated heterocycles. The molecule has 2 aliphatic rings. The second kappa shape index (κ2) is 2.99. The molecule has 3 N–H and O–H groups in total. The van der Waals surface area contributed by atoms with Gasteiger partial charge in [0.05, 0.1) is 12.0 Å². The molecule has 2 aliphatic heterocycles. The van der Waals surface area contributed by atoms with E-state index in [4.69, 9.17) is 5.73 Å². The number of carbonyl (C=O) groups is 2. The zero-order valence-corrected chi connectivity index (χ0v) is 7.32. The van der Waals surface area contributed by atoms with Gasteiger partial charge in [-0.3, -0.25) is 9.59 Å². The lowest BCUT2D eigenvalue weighted by molar-refractivity contribution is -0.130. The van der Waals surface area contributed by atoms with Gasteiger partial charge in [0.25, 0.3) is 0 Å². The van der Waals surface area contributed by atoms with E-state index in [1.807, 2.05) is 0 Å². The SMILES string of the molecule is NC(=O)C1CC(=O)N(C2CNC2)C1. The van der Waals surface area contributed by atoms with Crippen LogP contribution < -0.4 is 11.1 Å². The van der Waals surface area contributed by atoms with E-state index in [9.17, 15) is 9.59 Å². The van der Waals surface area contributed by atoms with Crippen molar-refractivity contribution in [2.75, 3.05) is 19.6 Å². The third kappa shape index (κ3) is 1.39. The first-order chi connectivity index (χ1) is 6.18. The number of amides is 2. The molecule has 0 radical (unpaired) electrons. The Morgan fingerprint density at radius 2 is 2.23 bits per heavy atom. The molecule has 1 atom stereocenters. The van der Waals surface area contributed by atoms with E-state index in [0.29, 0.717) is 13.0 Å². The van der Waals surface area contributed by atoms with E-state index >= 15 is 0 Å². The van der Waals surface area contributed by atoms with Gasteiger partial charge in [0.15, 0.2) is 0 Å². The molecule has 72 valence electrons. The number of likely N-dealkylation sites (tertiary alicyclic amines) is 1. The zero-order chi connectivity index (χ0) is 9.42. The van der Waals surface area contributed by atoms with Gasteiger partial charge in [0, 0.05) is 26.1 Å². The summed E-state index contributed by atoms with van der Waals surface area (Å²) < 4.78 is 0. The van der Waals surface area contributed by atoms with E-state index in [1.165, 1.54) is 0 Å². The minimum absolute atomic E-state index is 0.0651. The largest absolute Gasteiger partial charge is 0.369 e. The quantitative estimate of drug-likeness (QED) is 0.535. The standard InChI is InChI=1S/C8H13N3O2/c9-8(13)5-1-7(12)11(4-5)6-2-10-3-6/h5-6,10H,1-4H2,(H2,9,13). The predicted molar refractivity (Wildman–Crippen MR) is 45.7 cm³/mol. The van der Waals surface area contributed by atoms with Crippen molar-refractivity contribution in [2.45, 2.75) is 12.5 Å². The van der Waals surface area contributed by atoms with Crippen LogP contribution in [0.3, 0.4) is 0 Å². The fourth-order valence-electron chi connectivity index (χ4n) is 1.77. The highest BCUT2D eigenvalue weighted by molar-refractivity contribution is 5.88. The van der Waals surface area contributed by atoms with Crippen LogP contribution in [-0.4, -0.2) is 42.4 Å². The van der Waals surface area contributed by atoms with Gasteiger partial charge >= 0.3 is 0 Å². The van der Waals surface area contributed by atoms with Gasteiger partial charge < -0.3 is 16.0 Å². The topological polar surface area (TPSA) is 75.4 Å². The number of hydrogen-bond donors (Lipinski definition) is 2. The Balaban J connectivity index is 1.98. The molecule has 2 fully saturated rings. The first-order valence-electron chi connectivity index (χ1n) is 4.48. The number of primary amides is 1. The number of nitrogens with zero attached hydrogens (tertiary/aromatic N) is 1. The Bertz CT molecular complexity index is 250. The average Bonchev–Trinajstić information content (AvgIpc) is 2.29. The Morgan fingerprint density at radius 1 is 1.54 bits per heavy atom. The van der Waals surface area contributed by atoms with Gasteiger partial charge in [-0.25, -0.2) is 0 Å². The van der Waals surface area contributed by atoms with Gasteiger partial charge in [-0.05, 0) is 0 Å². The second-order valence-corrected chi connectivity index (χ2v) is 3.66. The molecular formula is C8H13N3O2. The molecule has 0 spiro atoms. The molecule has 0 aromatic rings. The summed E-state index contributed by atoms with van der Waals surface area (Å²) >= 11 is 0. The smallest absolute Gasteiger partial charge is 0.223 e. The molecule has 0 aromatic heterocycles. The molecule has 0 bridgehead atoms. The molecule has 13 heavy (non-hydrogen) atoms. The second-order valence-electron chi connectivity index (χ2n) is 3.66. The van der Waals surface area contributed by atoms with Crippen molar-refractivity contribution < 1.29 is 9.59 Å². The van der Waals surface area contributed by atoms with Crippen LogP contribution >= 0.6 is 0 Å². The average molecular weight is 183 g/mol. The van der Waals surface area contributed by atoms with E-state index in [-0.39, 0.29) is 23.8 Å². The van der Waals surface area contributed by atoms with Crippen LogP contribution in [0.5, 0.6) is 0 Å². The zero-order valence-electron chi connectivity index (χ0n) is 7.32. The van der Waals surface area contributed by atoms with Crippen molar-refractivity contribution in [3.63, 3.8) is 0 Å². The maximum atomic E-state index is 11.4. The van der Waals surface area contributed by atoms with Crippen molar-refractivity contribution in [1.29, 1.82) is 0 Å². The normalized spacial score (nSPS) is 29.1. The maximum Gasteiger partial charge on any atom is 0.223 e. The summed E-state index contributed by atoms with van der Waals surface area (Å²) in [6, 6.07) is 0.289. The molecule has 5 nitrogen and oxygen atoms in total. The Morgan fingerprint density at radius 3 is 2.62 bits per heavy atom. The van der Waals surface area contributed by atoms with Gasteiger partial charge in [-0.15, -0.1) is 0 Å². The van der Waals surface area contributed by atoms with Crippen LogP contribution in [0.4, 0.5) is 0 Å². The van der Waals surface area contributed by atoms with Crippen molar-refractivity contribution in [1.82, 2.24) is 10.2 Å². The molecule has 5 heteroatoms. The van der Waals surface area contributed by atoms with Gasteiger partial charge in [0.1, 0.15) is 0 Å². The summed E-state index contributed by atoms with van der Waals surface area (Å²) in [5.74, 6) is -0.563. The van der Waals surface area contributed by atoms with Crippen LogP contribution in [0.1, 0.15) is 6.42 Å². The minimum Gasteiger partial charge on any atom is -0.369 e. The highest BCUT2D eigenvalue weighted by atomic mass is 16.2. The summed E-state index contributed by atoms with van der Waals surface area (Å²) in [7, 11) is 0. The Labute approximate surface area is 76.3 Å². The molecule has 2 rings (SSSR count). The highest BCUT2D eigenvalue weighted by Gasteiger charge is 2.38. The number of nitrogens with two attached hydrogens (primary N) is 1. The van der Waals surface area contributed by atoms with Crippen molar-refractivity contribution >= 4 is 11.8 Å². The fourth-order valence-corrected chi connectivity index (χ4v) is 1.77. The fraction of sp³-hybridized carbons (Fsp3) is 0.750. The monoisotopic (exact) mass is 183 g/mol. The molecule has 2 heterocycles. The molecule has 0 aromatic carbocycles. The van der Waals surface area contributed by atoms with Gasteiger partial charge in [-0.1, -0.05) is 0 Å². The summed E-state index contributed by atoms with van der Waals surface area (Å²) in [5, 5.41) is 3.09. The molecule has 1 unspecified atom stereocenters. The minimum atomic E-state index is -0.358. The highest BCUT2D eigenvalue weighted by Crippen LogP contribution is 2.21. The number of hydrogen-bond acceptors (Lipinski definition) is 3. The lowest BCUT2D eigenvalue weighted by Crippen LogP contribution is -2.57. The van der Waals surface area contributed by atoms with E-state index in [1.54, 1.807) is 4.90 Å². The molecular weight excluding hydrogens is 170 g/mol. The third-order valence-electron chi connectivity index (χ3n) is 2.76. The number of carbonyl (C=O) groups excluding carboxylic acids is 2. The lowest BCUT2D eigenvalue weighted by atomic mass is 10.1. The van der Waals surface area contributed by atoms with Crippen molar-refractivity contribution in [2.24, 2.45) is 11.7 Å². The van der Waals surface area contributed by atoms with Gasteiger partial charge in [-0.2, -0.15) is 0 Å². The molecule has 0 aliphatic carbocycles. The van der Waals surface area contributed by atoms with Crippen LogP contribution in [0.2, 0.25) is 0 Å². The Hall–Kier alpha value is -1.10. The van der Waals surface area contributed by atoms with Gasteiger partial charge in [0.2, 0.25) is 11.8 Å². The van der Waals surface area contributed by atoms with Crippen LogP contribution in [-0.2, 0) is 9.59 Å². The predicted octanol–water partition coefficient (Wildman–Crippen LogP) is -1.71. The number of nitrogens with one attached hydrogen (secondary N) is 1. The first-order valence-corrected chi connectivity index (χ1v) is 4.48. The van der Waals surface area contributed by atoms with E-state index in [0.717, 1.165) is 13.1 Å². The summed E-state index contributed by atoms with van der Waals surface area (Å²) in [6.45, 7) is 2.20. The first kappa shape index (κ1) is 8.50. The summed E-state index contributed by atoms with van der Waals surface area (Å²) in [4.78, 5) is 24.0. The van der Waals surface area contributed by atoms with Crippen LogP contribution in [0.15, 0.2) is 0 Å². The van der Waals surface area contributed by atoms with Crippen molar-refractivity contribution in [3.8, 4) is 0 Å². The number of rotatable bonds is 2. The van der Waals surface area contributed by atoms with Crippen LogP contribution in [0.25, 0.3) is 0 Å². The van der Waals surface area contributed by atoms with Crippen molar-refractivity contribution in [3.05, 3.63) is 0 Å². The maximum absolute atomic E-state index is 11.4. The molecule has 0 saturated carbocycles.